The lowest BCUT2D eigenvalue weighted by Gasteiger charge is -2.26. The molecule has 0 bridgehead atoms. The zero-order chi connectivity index (χ0) is 12.8. The van der Waals surface area contributed by atoms with Gasteiger partial charge in [0.1, 0.15) is 0 Å². The van der Waals surface area contributed by atoms with Crippen molar-refractivity contribution in [1.82, 2.24) is 0 Å². The lowest BCUT2D eigenvalue weighted by atomic mass is 9.91. The Morgan fingerprint density at radius 3 is 2.89 bits per heavy atom. The molecule has 100 valence electrons. The molecular formula is C16H25NS. The van der Waals surface area contributed by atoms with Crippen LogP contribution in [0.4, 0.5) is 5.69 Å². The predicted molar refractivity (Wildman–Crippen MR) is 83.5 cm³/mol. The number of hydrogen-bond donors (Lipinski definition) is 1. The molecule has 1 aliphatic rings. The smallest absolute Gasteiger partial charge is 0.0370 e. The third-order valence-corrected chi connectivity index (χ3v) is 5.14. The molecule has 1 nitrogen and oxygen atoms in total. The van der Waals surface area contributed by atoms with Gasteiger partial charge in [0.15, 0.2) is 0 Å². The first kappa shape index (κ1) is 13.8. The minimum absolute atomic E-state index is 0.910. The van der Waals surface area contributed by atoms with Gasteiger partial charge in [-0.3, -0.25) is 0 Å². The van der Waals surface area contributed by atoms with Crippen LogP contribution in [0.25, 0.3) is 0 Å². The van der Waals surface area contributed by atoms with Crippen LogP contribution in [0.3, 0.4) is 0 Å². The molecule has 2 atom stereocenters. The van der Waals surface area contributed by atoms with E-state index in [1.807, 2.05) is 0 Å². The van der Waals surface area contributed by atoms with Gasteiger partial charge in [0.25, 0.3) is 0 Å². The van der Waals surface area contributed by atoms with Crippen LogP contribution in [0, 0.1) is 12.8 Å². The molecule has 1 saturated carbocycles. The summed E-state index contributed by atoms with van der Waals surface area (Å²) in [5.41, 5.74) is 2.63. The maximum absolute atomic E-state index is 3.54. The van der Waals surface area contributed by atoms with Gasteiger partial charge >= 0.3 is 0 Å². The second-order valence-corrected chi connectivity index (χ2v) is 6.91. The topological polar surface area (TPSA) is 12.0 Å². The third-order valence-electron chi connectivity index (χ3n) is 3.80. The molecule has 1 N–H and O–H groups in total. The Labute approximate surface area is 116 Å². The van der Waals surface area contributed by atoms with Crippen molar-refractivity contribution in [1.29, 1.82) is 0 Å². The van der Waals surface area contributed by atoms with Crippen LogP contribution < -0.4 is 5.32 Å². The number of para-hydroxylation sites is 1. The first-order chi connectivity index (χ1) is 8.75. The van der Waals surface area contributed by atoms with E-state index < -0.39 is 0 Å². The molecule has 0 heterocycles. The number of aryl methyl sites for hydroxylation is 1. The maximum atomic E-state index is 3.54. The van der Waals surface area contributed by atoms with Gasteiger partial charge in [-0.25, -0.2) is 0 Å². The molecule has 0 saturated heterocycles. The highest BCUT2D eigenvalue weighted by atomic mass is 32.2. The van der Waals surface area contributed by atoms with Crippen molar-refractivity contribution < 1.29 is 0 Å². The minimum Gasteiger partial charge on any atom is -0.384 e. The maximum Gasteiger partial charge on any atom is 0.0370 e. The number of thioether (sulfide) groups is 1. The van der Waals surface area contributed by atoms with E-state index >= 15 is 0 Å². The summed E-state index contributed by atoms with van der Waals surface area (Å²) in [6, 6.07) is 8.53. The van der Waals surface area contributed by atoms with E-state index in [2.05, 4.69) is 55.2 Å². The van der Waals surface area contributed by atoms with Crippen molar-refractivity contribution in [2.75, 3.05) is 17.6 Å². The molecular weight excluding hydrogens is 238 g/mol. The molecule has 0 amide bonds. The highest BCUT2D eigenvalue weighted by Crippen LogP contribution is 2.31. The van der Waals surface area contributed by atoms with Gasteiger partial charge in [-0.05, 0) is 37.3 Å². The Kier molecular flexibility index (Phi) is 5.43. The second kappa shape index (κ2) is 7.08. The highest BCUT2D eigenvalue weighted by Gasteiger charge is 2.18. The van der Waals surface area contributed by atoms with Crippen LogP contribution in [0.1, 0.15) is 38.2 Å². The SMILES string of the molecule is Cc1ccccc1NCCSC1CCCC(C)C1. The summed E-state index contributed by atoms with van der Waals surface area (Å²) in [6.07, 6.45) is 5.73. The van der Waals surface area contributed by atoms with E-state index in [0.29, 0.717) is 0 Å². The van der Waals surface area contributed by atoms with Crippen LogP contribution >= 0.6 is 11.8 Å². The van der Waals surface area contributed by atoms with E-state index in [4.69, 9.17) is 0 Å². The third kappa shape index (κ3) is 4.24. The van der Waals surface area contributed by atoms with Crippen molar-refractivity contribution in [2.45, 2.75) is 44.8 Å². The van der Waals surface area contributed by atoms with Crippen molar-refractivity contribution in [3.8, 4) is 0 Å². The standard InChI is InChI=1S/C16H25NS/c1-13-6-5-8-15(12-13)18-11-10-17-16-9-4-3-7-14(16)2/h3-4,7,9,13,15,17H,5-6,8,10-12H2,1-2H3. The quantitative estimate of drug-likeness (QED) is 0.772. The molecule has 1 fully saturated rings. The molecule has 2 unspecified atom stereocenters. The van der Waals surface area contributed by atoms with E-state index in [-0.39, 0.29) is 0 Å². The lowest BCUT2D eigenvalue weighted by molar-refractivity contribution is 0.394. The first-order valence-corrected chi connectivity index (χ1v) is 8.21. The van der Waals surface area contributed by atoms with Crippen molar-refractivity contribution in [3.63, 3.8) is 0 Å². The Bertz CT molecular complexity index is 364. The predicted octanol–water partition coefficient (Wildman–Crippen LogP) is 4.72. The summed E-state index contributed by atoms with van der Waals surface area (Å²) >= 11 is 2.16. The van der Waals surface area contributed by atoms with Crippen molar-refractivity contribution >= 4 is 17.4 Å². The normalized spacial score (nSPS) is 23.9. The van der Waals surface area contributed by atoms with Crippen LogP contribution in [-0.4, -0.2) is 17.5 Å². The Hall–Kier alpha value is -0.630. The van der Waals surface area contributed by atoms with Crippen LogP contribution in [0.15, 0.2) is 24.3 Å². The van der Waals surface area contributed by atoms with Crippen LogP contribution in [0.2, 0.25) is 0 Å². The number of nitrogens with one attached hydrogen (secondary N) is 1. The fourth-order valence-electron chi connectivity index (χ4n) is 2.71. The fraction of sp³-hybridized carbons (Fsp3) is 0.625. The summed E-state index contributed by atoms with van der Waals surface area (Å²) in [6.45, 7) is 5.65. The van der Waals surface area contributed by atoms with Gasteiger partial charge in [-0.1, -0.05) is 38.0 Å². The number of benzene rings is 1. The molecule has 0 radical (unpaired) electrons. The molecule has 2 rings (SSSR count). The molecule has 0 aromatic heterocycles. The summed E-state index contributed by atoms with van der Waals surface area (Å²) in [7, 11) is 0. The number of anilines is 1. The molecule has 0 aliphatic heterocycles. The summed E-state index contributed by atoms with van der Waals surface area (Å²) in [5, 5.41) is 4.45. The second-order valence-electron chi connectivity index (χ2n) is 5.51. The van der Waals surface area contributed by atoms with Crippen LogP contribution in [-0.2, 0) is 0 Å². The molecule has 2 heteroatoms. The van der Waals surface area contributed by atoms with E-state index in [1.165, 1.54) is 42.7 Å². The number of hydrogen-bond acceptors (Lipinski definition) is 2. The molecule has 1 aromatic carbocycles. The summed E-state index contributed by atoms with van der Waals surface area (Å²) in [4.78, 5) is 0. The van der Waals surface area contributed by atoms with Crippen molar-refractivity contribution in [3.05, 3.63) is 29.8 Å². The van der Waals surface area contributed by atoms with E-state index in [9.17, 15) is 0 Å². The largest absolute Gasteiger partial charge is 0.384 e. The van der Waals surface area contributed by atoms with Gasteiger partial charge in [0.2, 0.25) is 0 Å². The summed E-state index contributed by atoms with van der Waals surface area (Å²) in [5.74, 6) is 2.17. The average Bonchev–Trinajstić information content (AvgIpc) is 2.37. The first-order valence-electron chi connectivity index (χ1n) is 7.17. The van der Waals surface area contributed by atoms with Gasteiger partial charge < -0.3 is 5.32 Å². The van der Waals surface area contributed by atoms with Gasteiger partial charge in [0, 0.05) is 23.2 Å². The Balaban J connectivity index is 1.65. The van der Waals surface area contributed by atoms with Gasteiger partial charge in [-0.15, -0.1) is 0 Å². The monoisotopic (exact) mass is 263 g/mol. The summed E-state index contributed by atoms with van der Waals surface area (Å²) < 4.78 is 0. The molecule has 1 aromatic rings. The fourth-order valence-corrected chi connectivity index (χ4v) is 4.06. The van der Waals surface area contributed by atoms with Crippen molar-refractivity contribution in [2.24, 2.45) is 5.92 Å². The van der Waals surface area contributed by atoms with Crippen LogP contribution in [0.5, 0.6) is 0 Å². The highest BCUT2D eigenvalue weighted by molar-refractivity contribution is 7.99. The zero-order valence-electron chi connectivity index (χ0n) is 11.6. The molecule has 1 aliphatic carbocycles. The molecule has 0 spiro atoms. The Morgan fingerprint density at radius 1 is 1.28 bits per heavy atom. The molecule has 18 heavy (non-hydrogen) atoms. The zero-order valence-corrected chi connectivity index (χ0v) is 12.4. The van der Waals surface area contributed by atoms with E-state index in [0.717, 1.165) is 17.7 Å². The van der Waals surface area contributed by atoms with Gasteiger partial charge in [0.05, 0.1) is 0 Å². The lowest BCUT2D eigenvalue weighted by Crippen LogP contribution is -2.17. The van der Waals surface area contributed by atoms with Gasteiger partial charge in [-0.2, -0.15) is 11.8 Å². The average molecular weight is 263 g/mol. The van der Waals surface area contributed by atoms with E-state index in [1.54, 1.807) is 0 Å². The number of rotatable bonds is 5. The Morgan fingerprint density at radius 2 is 2.11 bits per heavy atom. The minimum atomic E-state index is 0.910.